The highest BCUT2D eigenvalue weighted by Gasteiger charge is 2.16. The molecule has 0 fully saturated rings. The van der Waals surface area contributed by atoms with Gasteiger partial charge in [0.25, 0.3) is 10.0 Å². The zero-order valence-electron chi connectivity index (χ0n) is 10.8. The molecule has 0 aliphatic carbocycles. The lowest BCUT2D eigenvalue weighted by molar-refractivity contribution is 0.597. The monoisotopic (exact) mass is 390 g/mol. The van der Waals surface area contributed by atoms with Crippen molar-refractivity contribution in [2.75, 3.05) is 11.0 Å². The summed E-state index contributed by atoms with van der Waals surface area (Å²) in [4.78, 5) is 3.98. The number of benzene rings is 1. The number of pyridine rings is 1. The first-order chi connectivity index (χ1) is 9.68. The maximum absolute atomic E-state index is 12.2. The summed E-state index contributed by atoms with van der Waals surface area (Å²) >= 11 is 3.14. The number of sulfonamides is 1. The molecule has 1 N–H and O–H groups in total. The second-order valence-corrected chi connectivity index (χ2v) is 8.71. The Morgan fingerprint density at radius 3 is 2.05 bits per heavy atom. The first-order valence-corrected chi connectivity index (χ1v) is 9.81. The fourth-order valence-electron chi connectivity index (χ4n) is 1.53. The standard InChI is InChI=1S/C12H11BrN2O4S2/c1-20(16,17)9-5-7-10(8-6-9)21(18,19)15-12-4-2-3-11(13)14-12/h2-8H,1H3,(H,14,15). The van der Waals surface area contributed by atoms with Crippen LogP contribution in [0.4, 0.5) is 5.82 Å². The highest BCUT2D eigenvalue weighted by atomic mass is 79.9. The number of sulfone groups is 1. The molecule has 0 unspecified atom stereocenters. The Kier molecular flexibility index (Phi) is 4.35. The van der Waals surface area contributed by atoms with Gasteiger partial charge in [-0.15, -0.1) is 0 Å². The third kappa shape index (κ3) is 4.02. The van der Waals surface area contributed by atoms with Crippen LogP contribution in [0.2, 0.25) is 0 Å². The molecule has 0 saturated carbocycles. The average Bonchev–Trinajstić information content (AvgIpc) is 2.37. The molecule has 0 radical (unpaired) electrons. The minimum atomic E-state index is -3.82. The summed E-state index contributed by atoms with van der Waals surface area (Å²) in [7, 11) is -7.18. The molecule has 0 aliphatic rings. The maximum atomic E-state index is 12.2. The van der Waals surface area contributed by atoms with Crippen molar-refractivity contribution in [3.05, 3.63) is 47.1 Å². The van der Waals surface area contributed by atoms with Gasteiger partial charge < -0.3 is 0 Å². The van der Waals surface area contributed by atoms with Gasteiger partial charge >= 0.3 is 0 Å². The van der Waals surface area contributed by atoms with E-state index >= 15 is 0 Å². The number of hydrogen-bond donors (Lipinski definition) is 1. The smallest absolute Gasteiger partial charge is 0.263 e. The molecule has 2 aromatic rings. The predicted molar refractivity (Wildman–Crippen MR) is 82.3 cm³/mol. The van der Waals surface area contributed by atoms with Crippen molar-refractivity contribution in [3.8, 4) is 0 Å². The first-order valence-electron chi connectivity index (χ1n) is 5.64. The Bertz CT molecular complexity index is 862. The molecule has 0 saturated heterocycles. The molecule has 112 valence electrons. The first kappa shape index (κ1) is 15.9. The number of anilines is 1. The number of halogens is 1. The van der Waals surface area contributed by atoms with E-state index in [1.54, 1.807) is 12.1 Å². The summed E-state index contributed by atoms with van der Waals surface area (Å²) in [5, 5.41) is 0. The minimum absolute atomic E-state index is 0.0447. The van der Waals surface area contributed by atoms with Crippen LogP contribution in [0.1, 0.15) is 0 Å². The molecule has 0 bridgehead atoms. The number of rotatable bonds is 4. The Morgan fingerprint density at radius 2 is 1.52 bits per heavy atom. The lowest BCUT2D eigenvalue weighted by Crippen LogP contribution is -2.14. The van der Waals surface area contributed by atoms with Gasteiger partial charge in [-0.3, -0.25) is 4.72 Å². The maximum Gasteiger partial charge on any atom is 0.263 e. The molecule has 9 heteroatoms. The van der Waals surface area contributed by atoms with E-state index in [0.717, 1.165) is 6.26 Å². The van der Waals surface area contributed by atoms with Crippen molar-refractivity contribution in [1.29, 1.82) is 0 Å². The van der Waals surface area contributed by atoms with E-state index in [1.807, 2.05) is 0 Å². The summed E-state index contributed by atoms with van der Waals surface area (Å²) in [6.45, 7) is 0. The summed E-state index contributed by atoms with van der Waals surface area (Å²) in [6, 6.07) is 9.78. The van der Waals surface area contributed by atoms with Gasteiger partial charge in [0, 0.05) is 6.26 Å². The van der Waals surface area contributed by atoms with E-state index in [4.69, 9.17) is 0 Å². The van der Waals surface area contributed by atoms with Crippen molar-refractivity contribution in [1.82, 2.24) is 4.98 Å². The molecule has 0 atom stereocenters. The van der Waals surface area contributed by atoms with Crippen LogP contribution in [0, 0.1) is 0 Å². The highest BCUT2D eigenvalue weighted by Crippen LogP contribution is 2.18. The van der Waals surface area contributed by atoms with E-state index in [1.165, 1.54) is 30.3 Å². The van der Waals surface area contributed by atoms with Crippen LogP contribution in [0.15, 0.2) is 56.9 Å². The Morgan fingerprint density at radius 1 is 0.952 bits per heavy atom. The van der Waals surface area contributed by atoms with Gasteiger partial charge in [0.05, 0.1) is 9.79 Å². The SMILES string of the molecule is CS(=O)(=O)c1ccc(S(=O)(=O)Nc2cccc(Br)n2)cc1. The highest BCUT2D eigenvalue weighted by molar-refractivity contribution is 9.10. The van der Waals surface area contributed by atoms with Gasteiger partial charge in [-0.25, -0.2) is 21.8 Å². The van der Waals surface area contributed by atoms with Crippen LogP contribution in [0.3, 0.4) is 0 Å². The van der Waals surface area contributed by atoms with E-state index in [9.17, 15) is 16.8 Å². The molecule has 1 aromatic heterocycles. The van der Waals surface area contributed by atoms with Gasteiger partial charge in [0.1, 0.15) is 10.4 Å². The van der Waals surface area contributed by atoms with Crippen molar-refractivity contribution >= 4 is 41.6 Å². The van der Waals surface area contributed by atoms with Crippen LogP contribution >= 0.6 is 15.9 Å². The fourth-order valence-corrected chi connectivity index (χ4v) is 3.50. The lowest BCUT2D eigenvalue weighted by Gasteiger charge is -2.08. The zero-order chi connectivity index (χ0) is 15.7. The quantitative estimate of drug-likeness (QED) is 0.806. The molecule has 21 heavy (non-hydrogen) atoms. The molecule has 1 heterocycles. The van der Waals surface area contributed by atoms with E-state index in [0.29, 0.717) is 4.60 Å². The van der Waals surface area contributed by atoms with E-state index in [-0.39, 0.29) is 15.6 Å². The van der Waals surface area contributed by atoms with Gasteiger partial charge in [0.15, 0.2) is 9.84 Å². The van der Waals surface area contributed by atoms with E-state index in [2.05, 4.69) is 25.6 Å². The Hall–Kier alpha value is -1.45. The molecular weight excluding hydrogens is 380 g/mol. The molecular formula is C12H11BrN2O4S2. The predicted octanol–water partition coefficient (Wildman–Crippen LogP) is 2.05. The molecule has 0 amide bonds. The van der Waals surface area contributed by atoms with Crippen molar-refractivity contribution in [2.45, 2.75) is 9.79 Å². The van der Waals surface area contributed by atoms with Crippen molar-refractivity contribution in [2.24, 2.45) is 0 Å². The Balaban J connectivity index is 2.32. The topological polar surface area (TPSA) is 93.2 Å². The Labute approximate surface area is 131 Å². The van der Waals surface area contributed by atoms with Gasteiger partial charge in [-0.05, 0) is 52.3 Å². The van der Waals surface area contributed by atoms with Gasteiger partial charge in [-0.1, -0.05) is 6.07 Å². The summed E-state index contributed by atoms with van der Waals surface area (Å²) in [6.07, 6.45) is 1.06. The van der Waals surface area contributed by atoms with E-state index < -0.39 is 19.9 Å². The molecule has 1 aromatic carbocycles. The normalized spacial score (nSPS) is 12.1. The second kappa shape index (κ2) is 5.74. The minimum Gasteiger partial charge on any atom is -0.263 e. The summed E-state index contributed by atoms with van der Waals surface area (Å²) < 4.78 is 49.8. The third-order valence-corrected chi connectivity index (χ3v) is 5.46. The summed E-state index contributed by atoms with van der Waals surface area (Å²) in [5.41, 5.74) is 0. The third-order valence-electron chi connectivity index (χ3n) is 2.52. The molecule has 0 aliphatic heterocycles. The zero-order valence-corrected chi connectivity index (χ0v) is 14.0. The molecule has 6 nitrogen and oxygen atoms in total. The van der Waals surface area contributed by atoms with Gasteiger partial charge in [0.2, 0.25) is 0 Å². The van der Waals surface area contributed by atoms with Crippen LogP contribution in [-0.2, 0) is 19.9 Å². The number of nitrogens with zero attached hydrogens (tertiary/aromatic N) is 1. The average molecular weight is 391 g/mol. The van der Waals surface area contributed by atoms with Crippen LogP contribution < -0.4 is 4.72 Å². The van der Waals surface area contributed by atoms with Crippen molar-refractivity contribution in [3.63, 3.8) is 0 Å². The fraction of sp³-hybridized carbons (Fsp3) is 0.0833. The molecule has 0 spiro atoms. The van der Waals surface area contributed by atoms with Crippen LogP contribution in [0.5, 0.6) is 0 Å². The van der Waals surface area contributed by atoms with Crippen molar-refractivity contribution < 1.29 is 16.8 Å². The second-order valence-electron chi connectivity index (χ2n) is 4.19. The molecule has 2 rings (SSSR count). The largest absolute Gasteiger partial charge is 0.263 e. The lowest BCUT2D eigenvalue weighted by atomic mass is 10.4. The van der Waals surface area contributed by atoms with Crippen LogP contribution in [-0.4, -0.2) is 28.1 Å². The number of aromatic nitrogens is 1. The number of hydrogen-bond acceptors (Lipinski definition) is 5. The van der Waals surface area contributed by atoms with Gasteiger partial charge in [-0.2, -0.15) is 0 Å². The summed E-state index contributed by atoms with van der Waals surface area (Å²) in [5.74, 6) is 0.163. The van der Waals surface area contributed by atoms with Crippen LogP contribution in [0.25, 0.3) is 0 Å². The number of nitrogens with one attached hydrogen (secondary N) is 1.